The van der Waals surface area contributed by atoms with Crippen LogP contribution in [0.1, 0.15) is 5.56 Å². The molecule has 3 nitrogen and oxygen atoms in total. The Balaban J connectivity index is 2.33. The number of para-hydroxylation sites is 1. The summed E-state index contributed by atoms with van der Waals surface area (Å²) in [5, 5.41) is 1.43. The van der Waals surface area contributed by atoms with Gasteiger partial charge >= 0.3 is 0 Å². The van der Waals surface area contributed by atoms with Crippen molar-refractivity contribution in [2.75, 3.05) is 12.5 Å². The van der Waals surface area contributed by atoms with Gasteiger partial charge in [-0.2, -0.15) is 5.17 Å². The van der Waals surface area contributed by atoms with E-state index in [0.717, 1.165) is 11.3 Å². The molecule has 1 aliphatic rings. The highest BCUT2D eigenvalue weighted by atomic mass is 16.7. The Kier molecular flexibility index (Phi) is 1.72. The number of nitrogens with zero attached hydrogens (tertiary/aromatic N) is 1. The molecular formula is C9H9N2O. The summed E-state index contributed by atoms with van der Waals surface area (Å²) in [6.45, 7) is 0. The van der Waals surface area contributed by atoms with Crippen molar-refractivity contribution >= 4 is 11.8 Å². The number of nitrogens with one attached hydrogen (secondary N) is 1. The molecular weight excluding hydrogens is 152 g/mol. The monoisotopic (exact) mass is 161 g/mol. The third-order valence-electron chi connectivity index (χ3n) is 1.70. The second-order valence-electron chi connectivity index (χ2n) is 2.45. The van der Waals surface area contributed by atoms with Crippen LogP contribution in [0.3, 0.4) is 0 Å². The zero-order chi connectivity index (χ0) is 8.39. The molecule has 12 heavy (non-hydrogen) atoms. The Morgan fingerprint density at radius 2 is 2.25 bits per heavy atom. The predicted molar refractivity (Wildman–Crippen MR) is 46.6 cm³/mol. The first-order valence-electron chi connectivity index (χ1n) is 3.69. The van der Waals surface area contributed by atoms with Crippen LogP contribution in [-0.2, 0) is 4.84 Å². The van der Waals surface area contributed by atoms with E-state index >= 15 is 0 Å². The van der Waals surface area contributed by atoms with E-state index in [2.05, 4.69) is 11.6 Å². The van der Waals surface area contributed by atoms with Crippen LogP contribution in [0.15, 0.2) is 24.3 Å². The molecule has 61 valence electrons. The van der Waals surface area contributed by atoms with Crippen molar-refractivity contribution in [2.24, 2.45) is 0 Å². The third-order valence-corrected chi connectivity index (χ3v) is 1.70. The summed E-state index contributed by atoms with van der Waals surface area (Å²) in [6, 6.07) is 7.96. The van der Waals surface area contributed by atoms with Crippen molar-refractivity contribution in [3.63, 3.8) is 0 Å². The van der Waals surface area contributed by atoms with Gasteiger partial charge in [-0.3, -0.25) is 10.3 Å². The highest BCUT2D eigenvalue weighted by Crippen LogP contribution is 2.20. The molecule has 0 aliphatic carbocycles. The number of benzene rings is 1. The lowest BCUT2D eigenvalue weighted by Crippen LogP contribution is -2.25. The molecule has 0 unspecified atom stereocenters. The van der Waals surface area contributed by atoms with Gasteiger partial charge in [0, 0.05) is 5.56 Å². The minimum Gasteiger partial charge on any atom is -0.274 e. The second kappa shape index (κ2) is 2.87. The van der Waals surface area contributed by atoms with E-state index in [4.69, 9.17) is 4.84 Å². The molecule has 0 saturated heterocycles. The van der Waals surface area contributed by atoms with Crippen molar-refractivity contribution in [2.45, 2.75) is 0 Å². The Hall–Kier alpha value is -1.48. The topological polar surface area (TPSA) is 24.5 Å². The molecule has 0 amide bonds. The normalized spacial score (nSPS) is 13.9. The van der Waals surface area contributed by atoms with Crippen LogP contribution in [0.4, 0.5) is 5.69 Å². The highest BCUT2D eigenvalue weighted by molar-refractivity contribution is 5.66. The van der Waals surface area contributed by atoms with E-state index < -0.39 is 0 Å². The Bertz CT molecular complexity index is 309. The second-order valence-corrected chi connectivity index (χ2v) is 2.45. The maximum atomic E-state index is 4.93. The Morgan fingerprint density at radius 1 is 1.42 bits per heavy atom. The number of hydroxylamine groups is 1. The van der Waals surface area contributed by atoms with Crippen molar-refractivity contribution in [1.82, 2.24) is 5.17 Å². The van der Waals surface area contributed by atoms with Crippen LogP contribution in [-0.4, -0.2) is 12.3 Å². The zero-order valence-electron chi connectivity index (χ0n) is 6.74. The number of hydrazine groups is 1. The van der Waals surface area contributed by atoms with Gasteiger partial charge < -0.3 is 0 Å². The molecule has 1 aromatic carbocycles. The first-order chi connectivity index (χ1) is 5.90. The van der Waals surface area contributed by atoms with Crippen molar-refractivity contribution < 1.29 is 4.84 Å². The molecule has 1 heterocycles. The summed E-state index contributed by atoms with van der Waals surface area (Å²) in [5.41, 5.74) is 5.16. The van der Waals surface area contributed by atoms with Gasteiger partial charge in [0.05, 0.1) is 12.8 Å². The summed E-state index contributed by atoms with van der Waals surface area (Å²) in [5.74, 6) is 0. The lowest BCUT2D eigenvalue weighted by atomic mass is 10.1. The fourth-order valence-corrected chi connectivity index (χ4v) is 1.09. The average molecular weight is 161 g/mol. The molecule has 0 aromatic heterocycles. The van der Waals surface area contributed by atoms with E-state index in [-0.39, 0.29) is 0 Å². The number of hydrogen-bond donors (Lipinski definition) is 1. The molecule has 0 spiro atoms. The Morgan fingerprint density at radius 3 is 3.08 bits per heavy atom. The number of hydrogen-bond acceptors (Lipinski definition) is 3. The quantitative estimate of drug-likeness (QED) is 0.678. The molecule has 1 radical (unpaired) electrons. The average Bonchev–Trinajstić information content (AvgIpc) is 2.17. The smallest absolute Gasteiger partial charge is 0.116 e. The minimum absolute atomic E-state index is 1.03. The van der Waals surface area contributed by atoms with E-state index in [1.54, 1.807) is 7.11 Å². The minimum atomic E-state index is 1.03. The van der Waals surface area contributed by atoms with Crippen LogP contribution in [0.5, 0.6) is 0 Å². The molecule has 1 aliphatic heterocycles. The predicted octanol–water partition coefficient (Wildman–Crippen LogP) is 1.66. The van der Waals surface area contributed by atoms with E-state index in [0.29, 0.717) is 0 Å². The zero-order valence-corrected chi connectivity index (χ0v) is 6.74. The van der Waals surface area contributed by atoms with Gasteiger partial charge in [0.1, 0.15) is 6.20 Å². The van der Waals surface area contributed by atoms with Gasteiger partial charge in [0.2, 0.25) is 0 Å². The van der Waals surface area contributed by atoms with Crippen LogP contribution in [0, 0.1) is 6.20 Å². The molecule has 1 N–H and O–H groups in total. The molecule has 2 rings (SSSR count). The summed E-state index contributed by atoms with van der Waals surface area (Å²) in [6.07, 6.45) is 4.77. The van der Waals surface area contributed by atoms with Crippen molar-refractivity contribution in [1.29, 1.82) is 0 Å². The lowest BCUT2D eigenvalue weighted by Gasteiger charge is -2.23. The first kappa shape index (κ1) is 7.18. The lowest BCUT2D eigenvalue weighted by molar-refractivity contribution is -0.0736. The van der Waals surface area contributed by atoms with Gasteiger partial charge in [0.15, 0.2) is 0 Å². The Labute approximate surface area is 71.2 Å². The third kappa shape index (κ3) is 1.14. The maximum absolute atomic E-state index is 4.93. The van der Waals surface area contributed by atoms with Crippen molar-refractivity contribution in [3.05, 3.63) is 36.0 Å². The first-order valence-corrected chi connectivity index (χ1v) is 3.69. The standard InChI is InChI=1S/C9H9N2O/c1-12-11-7-6-8-4-2-3-5-9(8)10-11/h2-6,10H,1H3. The van der Waals surface area contributed by atoms with Crippen LogP contribution >= 0.6 is 0 Å². The van der Waals surface area contributed by atoms with Gasteiger partial charge in [-0.1, -0.05) is 18.2 Å². The van der Waals surface area contributed by atoms with Gasteiger partial charge in [-0.15, -0.1) is 0 Å². The molecule has 0 fully saturated rings. The van der Waals surface area contributed by atoms with Crippen LogP contribution < -0.4 is 5.43 Å². The molecule has 0 bridgehead atoms. The van der Waals surface area contributed by atoms with Crippen LogP contribution in [0.2, 0.25) is 0 Å². The maximum Gasteiger partial charge on any atom is 0.116 e. The molecule has 0 saturated carbocycles. The van der Waals surface area contributed by atoms with Crippen molar-refractivity contribution in [3.8, 4) is 0 Å². The number of anilines is 1. The van der Waals surface area contributed by atoms with E-state index in [9.17, 15) is 0 Å². The summed E-state index contributed by atoms with van der Waals surface area (Å²) in [4.78, 5) is 4.93. The molecule has 0 atom stereocenters. The molecule has 3 heteroatoms. The van der Waals surface area contributed by atoms with Gasteiger partial charge in [-0.25, -0.2) is 0 Å². The van der Waals surface area contributed by atoms with Gasteiger partial charge in [-0.05, 0) is 12.1 Å². The van der Waals surface area contributed by atoms with E-state index in [1.165, 1.54) is 5.17 Å². The summed E-state index contributed by atoms with van der Waals surface area (Å²) >= 11 is 0. The summed E-state index contributed by atoms with van der Waals surface area (Å²) in [7, 11) is 1.59. The van der Waals surface area contributed by atoms with Crippen LogP contribution in [0.25, 0.3) is 6.08 Å². The summed E-state index contributed by atoms with van der Waals surface area (Å²) < 4.78 is 0. The number of rotatable bonds is 1. The molecule has 1 aromatic rings. The highest BCUT2D eigenvalue weighted by Gasteiger charge is 2.07. The fourth-order valence-electron chi connectivity index (χ4n) is 1.09. The number of fused-ring (bicyclic) bond motifs is 1. The van der Waals surface area contributed by atoms with Gasteiger partial charge in [0.25, 0.3) is 0 Å². The SMILES string of the molecule is CON1[C]=Cc2ccccc2N1. The largest absolute Gasteiger partial charge is 0.274 e. The van der Waals surface area contributed by atoms with E-state index in [1.807, 2.05) is 30.3 Å². The fraction of sp³-hybridized carbons (Fsp3) is 0.111.